The number of aliphatic imine (C=N–C) groups is 1. The minimum Gasteiger partial charge on any atom is -0.480 e. The molecule has 2 atom stereocenters. The third-order valence-electron chi connectivity index (χ3n) is 2.66. The zero-order chi connectivity index (χ0) is 14.7. The maximum atomic E-state index is 10.4. The third-order valence-corrected chi connectivity index (χ3v) is 2.66. The second-order valence-electron chi connectivity index (χ2n) is 4.40. The van der Waals surface area contributed by atoms with Crippen molar-refractivity contribution in [3.8, 4) is 0 Å². The second kappa shape index (κ2) is 10.5. The Bertz CT molecular complexity index is 307. The Morgan fingerprint density at radius 3 is 2.05 bits per heavy atom. The Kier molecular flexibility index (Phi) is 9.64. The van der Waals surface area contributed by atoms with Crippen LogP contribution >= 0.6 is 0 Å². The van der Waals surface area contributed by atoms with Gasteiger partial charge in [-0.2, -0.15) is 0 Å². The van der Waals surface area contributed by atoms with Crippen molar-refractivity contribution in [3.63, 3.8) is 0 Å². The summed E-state index contributed by atoms with van der Waals surface area (Å²) in [6, 6.07) is -1.59. The molecular weight excluding hydrogens is 250 g/mol. The first-order valence-electron chi connectivity index (χ1n) is 6.40. The van der Waals surface area contributed by atoms with Gasteiger partial charge >= 0.3 is 11.9 Å². The van der Waals surface area contributed by atoms with E-state index in [-0.39, 0.29) is 0 Å². The van der Waals surface area contributed by atoms with Gasteiger partial charge in [-0.05, 0) is 44.7 Å². The Morgan fingerprint density at radius 2 is 1.53 bits per heavy atom. The second-order valence-corrected chi connectivity index (χ2v) is 4.40. The Balaban J connectivity index is 3.40. The number of hydrogen-bond donors (Lipinski definition) is 4. The monoisotopic (exact) mass is 273 g/mol. The van der Waals surface area contributed by atoms with E-state index >= 15 is 0 Å². The van der Waals surface area contributed by atoms with Crippen molar-refractivity contribution >= 4 is 18.2 Å². The molecule has 0 aromatic heterocycles. The molecule has 0 aliphatic heterocycles. The zero-order valence-corrected chi connectivity index (χ0v) is 11.0. The lowest BCUT2D eigenvalue weighted by Gasteiger charge is -2.04. The molecular formula is C12H23N3O4. The zero-order valence-electron chi connectivity index (χ0n) is 11.0. The Morgan fingerprint density at radius 1 is 1.00 bits per heavy atom. The van der Waals surface area contributed by atoms with E-state index < -0.39 is 24.0 Å². The molecule has 0 heterocycles. The average Bonchev–Trinajstić information content (AvgIpc) is 2.35. The number of nitrogens with two attached hydrogens (primary N) is 2. The van der Waals surface area contributed by atoms with E-state index in [1.54, 1.807) is 6.21 Å². The van der Waals surface area contributed by atoms with Gasteiger partial charge in [-0.25, -0.2) is 0 Å². The summed E-state index contributed by atoms with van der Waals surface area (Å²) in [5, 5.41) is 17.1. The molecule has 0 unspecified atom stereocenters. The summed E-state index contributed by atoms with van der Waals surface area (Å²) in [4.78, 5) is 25.0. The van der Waals surface area contributed by atoms with Gasteiger partial charge in [0, 0.05) is 6.54 Å². The smallest absolute Gasteiger partial charge is 0.320 e. The molecule has 0 aromatic carbocycles. The Hall–Kier alpha value is -1.47. The van der Waals surface area contributed by atoms with Crippen molar-refractivity contribution in [1.82, 2.24) is 0 Å². The van der Waals surface area contributed by atoms with Crippen molar-refractivity contribution in [2.45, 2.75) is 50.6 Å². The molecule has 0 aliphatic carbocycles. The van der Waals surface area contributed by atoms with Crippen LogP contribution in [0.25, 0.3) is 0 Å². The van der Waals surface area contributed by atoms with Crippen LogP contribution in [0.3, 0.4) is 0 Å². The molecule has 0 aromatic rings. The summed E-state index contributed by atoms with van der Waals surface area (Å²) in [5.74, 6) is -1.95. The van der Waals surface area contributed by atoms with Gasteiger partial charge in [0.2, 0.25) is 0 Å². The average molecular weight is 273 g/mol. The largest absolute Gasteiger partial charge is 0.480 e. The number of hydrogen-bond acceptors (Lipinski definition) is 5. The van der Waals surface area contributed by atoms with E-state index in [0.717, 1.165) is 12.8 Å². The first-order chi connectivity index (χ1) is 8.95. The molecule has 7 heteroatoms. The SMILES string of the molecule is N[C@@H](CCCC=NCCCC[C@H](N)C(=O)O)C(=O)O. The Labute approximate surface area is 112 Å². The van der Waals surface area contributed by atoms with Crippen molar-refractivity contribution in [2.75, 3.05) is 6.54 Å². The van der Waals surface area contributed by atoms with Crippen molar-refractivity contribution < 1.29 is 19.8 Å². The van der Waals surface area contributed by atoms with Gasteiger partial charge in [0.1, 0.15) is 12.1 Å². The molecule has 0 fully saturated rings. The van der Waals surface area contributed by atoms with Gasteiger partial charge in [-0.15, -0.1) is 0 Å². The van der Waals surface area contributed by atoms with Gasteiger partial charge < -0.3 is 21.7 Å². The van der Waals surface area contributed by atoms with Crippen LogP contribution in [-0.4, -0.2) is 47.0 Å². The maximum Gasteiger partial charge on any atom is 0.320 e. The van der Waals surface area contributed by atoms with Crippen LogP contribution in [0.4, 0.5) is 0 Å². The fourth-order valence-electron chi connectivity index (χ4n) is 1.43. The first kappa shape index (κ1) is 17.5. The number of carboxylic acids is 2. The van der Waals surface area contributed by atoms with Gasteiger partial charge in [-0.1, -0.05) is 0 Å². The standard InChI is InChI=1S/C12H23N3O4/c13-9(11(16)17)5-1-3-7-15-8-4-2-6-10(14)12(18)19/h7,9-10H,1-6,8,13-14H2,(H,16,17)(H,18,19)/t9-,10-/m0/s1. The maximum absolute atomic E-state index is 10.4. The fraction of sp³-hybridized carbons (Fsp3) is 0.750. The molecule has 0 aliphatic rings. The highest BCUT2D eigenvalue weighted by Crippen LogP contribution is 2.00. The van der Waals surface area contributed by atoms with Crippen LogP contribution in [-0.2, 0) is 9.59 Å². The van der Waals surface area contributed by atoms with Crippen LogP contribution in [0, 0.1) is 0 Å². The minimum absolute atomic E-state index is 0.439. The summed E-state index contributed by atoms with van der Waals surface area (Å²) < 4.78 is 0. The molecule has 0 spiro atoms. The number of carboxylic acid groups (broad SMARTS) is 2. The summed E-state index contributed by atoms with van der Waals surface area (Å²) in [6.07, 6.45) is 5.58. The van der Waals surface area contributed by atoms with E-state index in [4.69, 9.17) is 21.7 Å². The number of carbonyl (C=O) groups is 2. The molecule has 19 heavy (non-hydrogen) atoms. The summed E-state index contributed by atoms with van der Waals surface area (Å²) in [6.45, 7) is 0.636. The molecule has 7 nitrogen and oxygen atoms in total. The van der Waals surface area contributed by atoms with Crippen LogP contribution in [0.5, 0.6) is 0 Å². The quantitative estimate of drug-likeness (QED) is 0.314. The molecule has 0 saturated carbocycles. The summed E-state index contributed by atoms with van der Waals surface area (Å²) in [5.41, 5.74) is 10.7. The molecule has 0 bridgehead atoms. The molecule has 6 N–H and O–H groups in total. The van der Waals surface area contributed by atoms with E-state index in [1.807, 2.05) is 0 Å². The van der Waals surface area contributed by atoms with Crippen molar-refractivity contribution in [3.05, 3.63) is 0 Å². The highest BCUT2D eigenvalue weighted by Gasteiger charge is 2.10. The molecule has 0 saturated heterocycles. The fourth-order valence-corrected chi connectivity index (χ4v) is 1.43. The molecule has 0 radical (unpaired) electrons. The predicted molar refractivity (Wildman–Crippen MR) is 72.3 cm³/mol. The van der Waals surface area contributed by atoms with Gasteiger partial charge in [-0.3, -0.25) is 14.6 Å². The number of unbranched alkanes of at least 4 members (excludes halogenated alkanes) is 2. The normalized spacial score (nSPS) is 14.4. The van der Waals surface area contributed by atoms with Crippen molar-refractivity contribution in [2.24, 2.45) is 16.5 Å². The minimum atomic E-state index is -0.980. The van der Waals surface area contributed by atoms with Gasteiger partial charge in [0.15, 0.2) is 0 Å². The number of aliphatic carboxylic acids is 2. The predicted octanol–water partition coefficient (Wildman–Crippen LogP) is 0.222. The van der Waals surface area contributed by atoms with Gasteiger partial charge in [0.05, 0.1) is 0 Å². The van der Waals surface area contributed by atoms with Crippen LogP contribution in [0.15, 0.2) is 4.99 Å². The lowest BCUT2D eigenvalue weighted by Crippen LogP contribution is -2.29. The highest BCUT2D eigenvalue weighted by molar-refractivity contribution is 5.73. The molecule has 110 valence electrons. The van der Waals surface area contributed by atoms with Crippen molar-refractivity contribution in [1.29, 1.82) is 0 Å². The number of rotatable bonds is 11. The lowest BCUT2D eigenvalue weighted by molar-refractivity contribution is -0.139. The summed E-state index contributed by atoms with van der Waals surface area (Å²) in [7, 11) is 0. The lowest BCUT2D eigenvalue weighted by atomic mass is 10.1. The van der Waals surface area contributed by atoms with Crippen LogP contribution in [0.1, 0.15) is 38.5 Å². The van der Waals surface area contributed by atoms with Crippen LogP contribution in [0.2, 0.25) is 0 Å². The third kappa shape index (κ3) is 10.2. The first-order valence-corrected chi connectivity index (χ1v) is 6.40. The summed E-state index contributed by atoms with van der Waals surface area (Å²) >= 11 is 0. The van der Waals surface area contributed by atoms with E-state index in [2.05, 4.69) is 4.99 Å². The van der Waals surface area contributed by atoms with E-state index in [1.165, 1.54) is 0 Å². The van der Waals surface area contributed by atoms with Gasteiger partial charge in [0.25, 0.3) is 0 Å². The van der Waals surface area contributed by atoms with Crippen LogP contribution < -0.4 is 11.5 Å². The highest BCUT2D eigenvalue weighted by atomic mass is 16.4. The van der Waals surface area contributed by atoms with E-state index in [9.17, 15) is 9.59 Å². The molecule has 0 rings (SSSR count). The topological polar surface area (TPSA) is 139 Å². The molecule has 0 amide bonds. The van der Waals surface area contributed by atoms with E-state index in [0.29, 0.717) is 32.2 Å². The number of nitrogens with zero attached hydrogens (tertiary/aromatic N) is 1.